The number of nitrogens with zero attached hydrogens (tertiary/aromatic N) is 1. The lowest BCUT2D eigenvalue weighted by atomic mass is 9.99. The average molecular weight is 558 g/mol. The van der Waals surface area contributed by atoms with Crippen LogP contribution in [0.2, 0.25) is 0 Å². The first-order chi connectivity index (χ1) is 18.2. The van der Waals surface area contributed by atoms with Gasteiger partial charge in [-0.1, -0.05) is 27.7 Å². The number of carboxylic acid groups (broad SMARTS) is 2. The lowest BCUT2D eigenvalue weighted by molar-refractivity contribution is -0.145. The fourth-order valence-corrected chi connectivity index (χ4v) is 4.33. The van der Waals surface area contributed by atoms with Gasteiger partial charge in [-0.15, -0.1) is 0 Å². The van der Waals surface area contributed by atoms with Crippen LogP contribution in [0, 0.1) is 11.8 Å². The summed E-state index contributed by atoms with van der Waals surface area (Å²) in [5, 5.41) is 34.9. The topological polar surface area (TPSA) is 228 Å². The van der Waals surface area contributed by atoms with Crippen molar-refractivity contribution in [2.75, 3.05) is 13.2 Å². The number of nitrogens with one attached hydrogen (secondary N) is 3. The first-order valence-electron chi connectivity index (χ1n) is 13.2. The van der Waals surface area contributed by atoms with Gasteiger partial charge in [0.05, 0.1) is 6.61 Å². The third-order valence-electron chi connectivity index (χ3n) is 6.30. The summed E-state index contributed by atoms with van der Waals surface area (Å²) in [6.45, 7) is 7.02. The summed E-state index contributed by atoms with van der Waals surface area (Å²) in [7, 11) is 0. The normalized spacial score (nSPS) is 18.3. The number of carbonyl (C=O) groups is 6. The summed E-state index contributed by atoms with van der Waals surface area (Å²) in [6.07, 6.45) is 0.473. The molecule has 1 rings (SSSR count). The molecule has 14 heteroatoms. The molecule has 0 saturated carbocycles. The van der Waals surface area contributed by atoms with Crippen molar-refractivity contribution in [2.24, 2.45) is 17.6 Å². The van der Waals surface area contributed by atoms with Crippen LogP contribution in [0.4, 0.5) is 0 Å². The van der Waals surface area contributed by atoms with Crippen LogP contribution in [-0.2, 0) is 28.8 Å². The Labute approximate surface area is 228 Å². The van der Waals surface area contributed by atoms with Gasteiger partial charge in [-0.3, -0.25) is 24.0 Å². The summed E-state index contributed by atoms with van der Waals surface area (Å²) in [4.78, 5) is 75.6. The Morgan fingerprint density at radius 3 is 1.95 bits per heavy atom. The standard InChI is InChI=1S/C25H43N5O9/c1-13(2)10-17(28-21(34)15(26)12-31)22(35)29-18(11-14(3)4)24(37)30-9-5-6-19(30)23(36)27-16(25(38)39)7-8-20(32)33/h13-19,31H,5-12,26H2,1-4H3,(H,27,36)(H,28,34)(H,29,35)(H,32,33)(H,38,39)/t15-,16-,17-,18-,19-/m0/s1. The van der Waals surface area contributed by atoms with Crippen LogP contribution in [0.3, 0.4) is 0 Å². The van der Waals surface area contributed by atoms with Crippen LogP contribution >= 0.6 is 0 Å². The zero-order valence-corrected chi connectivity index (χ0v) is 23.0. The van der Waals surface area contributed by atoms with Gasteiger partial charge in [0, 0.05) is 13.0 Å². The molecule has 1 saturated heterocycles. The fraction of sp³-hybridized carbons (Fsp3) is 0.760. The molecule has 0 unspecified atom stereocenters. The number of nitrogens with two attached hydrogens (primary N) is 1. The first-order valence-corrected chi connectivity index (χ1v) is 13.2. The van der Waals surface area contributed by atoms with Gasteiger partial charge in [-0.25, -0.2) is 4.79 Å². The van der Waals surface area contributed by atoms with Gasteiger partial charge in [-0.2, -0.15) is 0 Å². The molecule has 1 aliphatic heterocycles. The Morgan fingerprint density at radius 2 is 1.44 bits per heavy atom. The molecule has 5 atom stereocenters. The van der Waals surface area contributed by atoms with Crippen molar-refractivity contribution in [3.8, 4) is 0 Å². The molecule has 222 valence electrons. The molecule has 1 heterocycles. The van der Waals surface area contributed by atoms with Crippen molar-refractivity contribution in [3.63, 3.8) is 0 Å². The highest BCUT2D eigenvalue weighted by atomic mass is 16.4. The molecule has 14 nitrogen and oxygen atoms in total. The highest BCUT2D eigenvalue weighted by Crippen LogP contribution is 2.21. The minimum absolute atomic E-state index is 0.000572. The summed E-state index contributed by atoms with van der Waals surface area (Å²) >= 11 is 0. The van der Waals surface area contributed by atoms with E-state index in [1.807, 2.05) is 27.7 Å². The maximum absolute atomic E-state index is 13.6. The van der Waals surface area contributed by atoms with Gasteiger partial charge >= 0.3 is 11.9 Å². The highest BCUT2D eigenvalue weighted by Gasteiger charge is 2.39. The molecule has 0 radical (unpaired) electrons. The number of aliphatic hydroxyl groups excluding tert-OH is 1. The van der Waals surface area contributed by atoms with Crippen LogP contribution in [-0.4, -0.2) is 99.1 Å². The molecule has 0 aromatic carbocycles. The maximum Gasteiger partial charge on any atom is 0.326 e. The van der Waals surface area contributed by atoms with E-state index < -0.39 is 78.8 Å². The molecule has 0 aliphatic carbocycles. The Kier molecular flexibility index (Phi) is 13.8. The second-order valence-electron chi connectivity index (χ2n) is 10.7. The zero-order chi connectivity index (χ0) is 29.9. The third-order valence-corrected chi connectivity index (χ3v) is 6.30. The summed E-state index contributed by atoms with van der Waals surface area (Å²) in [5.41, 5.74) is 5.57. The summed E-state index contributed by atoms with van der Waals surface area (Å²) in [6, 6.07) is -5.66. The maximum atomic E-state index is 13.6. The van der Waals surface area contributed by atoms with E-state index in [1.165, 1.54) is 4.90 Å². The van der Waals surface area contributed by atoms with Crippen LogP contribution in [0.15, 0.2) is 0 Å². The molecule has 0 bridgehead atoms. The van der Waals surface area contributed by atoms with E-state index in [0.29, 0.717) is 6.42 Å². The third kappa shape index (κ3) is 11.2. The SMILES string of the molecule is CC(C)C[C@H](NC(=O)[C@@H](N)CO)C(=O)N[C@@H](CC(C)C)C(=O)N1CCC[C@H]1C(=O)N[C@@H](CCC(=O)O)C(=O)O. The second-order valence-corrected chi connectivity index (χ2v) is 10.7. The van der Waals surface area contributed by atoms with Crippen LogP contribution in [0.25, 0.3) is 0 Å². The molecule has 1 fully saturated rings. The van der Waals surface area contributed by atoms with E-state index in [2.05, 4.69) is 16.0 Å². The van der Waals surface area contributed by atoms with E-state index >= 15 is 0 Å². The van der Waals surface area contributed by atoms with Crippen LogP contribution in [0.5, 0.6) is 0 Å². The summed E-state index contributed by atoms with van der Waals surface area (Å²) < 4.78 is 0. The largest absolute Gasteiger partial charge is 0.481 e. The van der Waals surface area contributed by atoms with Crippen molar-refractivity contribution in [3.05, 3.63) is 0 Å². The van der Waals surface area contributed by atoms with Crippen molar-refractivity contribution >= 4 is 35.6 Å². The number of hydrogen-bond acceptors (Lipinski definition) is 8. The zero-order valence-electron chi connectivity index (χ0n) is 23.0. The van der Waals surface area contributed by atoms with Gasteiger partial charge in [0.25, 0.3) is 0 Å². The van der Waals surface area contributed by atoms with Crippen molar-refractivity contribution in [2.45, 2.75) is 96.4 Å². The Balaban J connectivity index is 3.08. The smallest absolute Gasteiger partial charge is 0.326 e. The molecular weight excluding hydrogens is 514 g/mol. The predicted octanol–water partition coefficient (Wildman–Crippen LogP) is -1.21. The lowest BCUT2D eigenvalue weighted by Crippen LogP contribution is -2.58. The van der Waals surface area contributed by atoms with Gasteiger partial charge in [0.2, 0.25) is 23.6 Å². The molecule has 0 spiro atoms. The van der Waals surface area contributed by atoms with Gasteiger partial charge in [-0.05, 0) is 43.9 Å². The second kappa shape index (κ2) is 16.0. The van der Waals surface area contributed by atoms with Crippen molar-refractivity contribution in [1.29, 1.82) is 0 Å². The predicted molar refractivity (Wildman–Crippen MR) is 139 cm³/mol. The first kappa shape index (κ1) is 33.8. The van der Waals surface area contributed by atoms with E-state index in [0.717, 1.165) is 0 Å². The van der Waals surface area contributed by atoms with E-state index in [1.54, 1.807) is 0 Å². The average Bonchev–Trinajstić information content (AvgIpc) is 3.33. The number of carbonyl (C=O) groups excluding carboxylic acids is 4. The molecule has 1 aliphatic rings. The minimum atomic E-state index is -1.43. The monoisotopic (exact) mass is 557 g/mol. The molecule has 0 aromatic heterocycles. The Morgan fingerprint density at radius 1 is 0.872 bits per heavy atom. The van der Waals surface area contributed by atoms with Gasteiger partial charge in [0.15, 0.2) is 0 Å². The minimum Gasteiger partial charge on any atom is -0.481 e. The highest BCUT2D eigenvalue weighted by molar-refractivity contribution is 5.95. The number of rotatable bonds is 16. The Hall–Kier alpha value is -3.26. The molecular formula is C25H43N5O9. The lowest BCUT2D eigenvalue weighted by Gasteiger charge is -2.31. The fourth-order valence-electron chi connectivity index (χ4n) is 4.33. The van der Waals surface area contributed by atoms with E-state index in [9.17, 15) is 33.9 Å². The molecule has 8 N–H and O–H groups in total. The van der Waals surface area contributed by atoms with E-state index in [4.69, 9.17) is 15.9 Å². The van der Waals surface area contributed by atoms with Gasteiger partial charge < -0.3 is 41.9 Å². The Bertz CT molecular complexity index is 895. The number of aliphatic hydroxyl groups is 1. The van der Waals surface area contributed by atoms with Crippen LogP contribution < -0.4 is 21.7 Å². The number of amides is 4. The number of aliphatic carboxylic acids is 2. The van der Waals surface area contributed by atoms with Crippen molar-refractivity contribution in [1.82, 2.24) is 20.9 Å². The number of likely N-dealkylation sites (tertiary alicyclic amines) is 1. The molecule has 39 heavy (non-hydrogen) atoms. The van der Waals surface area contributed by atoms with E-state index in [-0.39, 0.29) is 44.1 Å². The number of carboxylic acids is 2. The number of hydrogen-bond donors (Lipinski definition) is 7. The quantitative estimate of drug-likeness (QED) is 0.120. The molecule has 4 amide bonds. The van der Waals surface area contributed by atoms with Gasteiger partial charge in [0.1, 0.15) is 30.2 Å². The molecule has 0 aromatic rings. The van der Waals surface area contributed by atoms with Crippen LogP contribution in [0.1, 0.15) is 66.2 Å². The summed E-state index contributed by atoms with van der Waals surface area (Å²) in [5.74, 6) is -5.17. The van der Waals surface area contributed by atoms with Crippen molar-refractivity contribution < 1.29 is 44.1 Å².